The molecule has 1 unspecified atom stereocenters. The maximum atomic E-state index is 11.9. The molecule has 0 aromatic rings. The van der Waals surface area contributed by atoms with Crippen LogP contribution in [0, 0.1) is 0 Å². The molecule has 0 aromatic carbocycles. The van der Waals surface area contributed by atoms with Crippen molar-refractivity contribution in [2.24, 2.45) is 0 Å². The highest BCUT2D eigenvalue weighted by Gasteiger charge is 2.27. The molecule has 0 saturated carbocycles. The first-order valence-corrected chi connectivity index (χ1v) is 6.27. The maximum absolute atomic E-state index is 11.9. The summed E-state index contributed by atoms with van der Waals surface area (Å²) < 4.78 is 5.27. The molecule has 4 heteroatoms. The first-order chi connectivity index (χ1) is 7.65. The van der Waals surface area contributed by atoms with Crippen LogP contribution in [0.4, 0.5) is 4.79 Å². The largest absolute Gasteiger partial charge is 0.447 e. The monoisotopic (exact) mass is 228 g/mol. The van der Waals surface area contributed by atoms with E-state index < -0.39 is 0 Å². The number of ether oxygens (including phenoxy) is 1. The topological polar surface area (TPSA) is 41.6 Å². The number of carbonyl (C=O) groups excluding carboxylic acids is 1. The van der Waals surface area contributed by atoms with Gasteiger partial charge in [0.15, 0.2) is 0 Å². The Labute approximate surface area is 98.3 Å². The number of amides is 1. The minimum atomic E-state index is -0.143. The van der Waals surface area contributed by atoms with Gasteiger partial charge in [0.1, 0.15) is 0 Å². The van der Waals surface area contributed by atoms with Gasteiger partial charge >= 0.3 is 6.09 Å². The van der Waals surface area contributed by atoms with Gasteiger partial charge in [0.25, 0.3) is 0 Å². The minimum Gasteiger partial charge on any atom is -0.447 e. The zero-order chi connectivity index (χ0) is 12.0. The number of hydrogen-bond donors (Lipinski definition) is 1. The predicted molar refractivity (Wildman–Crippen MR) is 64.5 cm³/mol. The Balaban J connectivity index is 2.48. The van der Waals surface area contributed by atoms with Gasteiger partial charge in [0, 0.05) is 12.6 Å². The predicted octanol–water partition coefficient (Wildman–Crippen LogP) is 2.00. The first kappa shape index (κ1) is 13.3. The summed E-state index contributed by atoms with van der Waals surface area (Å²) in [6.45, 7) is 5.59. The van der Waals surface area contributed by atoms with Crippen molar-refractivity contribution in [3.8, 4) is 0 Å². The number of nitrogens with one attached hydrogen (secondary N) is 1. The van der Waals surface area contributed by atoms with Crippen LogP contribution in [0.2, 0.25) is 0 Å². The van der Waals surface area contributed by atoms with E-state index in [2.05, 4.69) is 5.32 Å². The van der Waals surface area contributed by atoms with Crippen LogP contribution >= 0.6 is 0 Å². The van der Waals surface area contributed by atoms with Crippen molar-refractivity contribution < 1.29 is 9.53 Å². The third kappa shape index (κ3) is 4.00. The summed E-state index contributed by atoms with van der Waals surface area (Å²) in [5.74, 6) is 0. The Morgan fingerprint density at radius 2 is 2.25 bits per heavy atom. The van der Waals surface area contributed by atoms with Gasteiger partial charge in [-0.2, -0.15) is 0 Å². The fraction of sp³-hybridized carbons (Fsp3) is 0.917. The van der Waals surface area contributed by atoms with Crippen LogP contribution in [0.15, 0.2) is 0 Å². The average Bonchev–Trinajstić information content (AvgIpc) is 2.25. The number of carbonyl (C=O) groups is 1. The van der Waals surface area contributed by atoms with Gasteiger partial charge in [0.05, 0.1) is 6.10 Å². The highest BCUT2D eigenvalue weighted by Crippen LogP contribution is 2.20. The number of piperidine rings is 1. The maximum Gasteiger partial charge on any atom is 0.410 e. The van der Waals surface area contributed by atoms with Crippen molar-refractivity contribution in [3.05, 3.63) is 0 Å². The molecule has 0 aromatic heterocycles. The summed E-state index contributed by atoms with van der Waals surface area (Å²) in [7, 11) is 1.94. The van der Waals surface area contributed by atoms with E-state index in [1.807, 2.05) is 25.8 Å². The smallest absolute Gasteiger partial charge is 0.410 e. The van der Waals surface area contributed by atoms with Crippen molar-refractivity contribution in [2.75, 3.05) is 20.1 Å². The second kappa shape index (κ2) is 6.74. The SMILES string of the molecule is CNCCC1CCCCN1C(=O)OC(C)C. The third-order valence-electron chi connectivity index (χ3n) is 2.93. The van der Waals surface area contributed by atoms with Gasteiger partial charge in [-0.15, -0.1) is 0 Å². The molecule has 94 valence electrons. The van der Waals surface area contributed by atoms with Crippen LogP contribution in [-0.4, -0.2) is 43.3 Å². The number of nitrogens with zero attached hydrogens (tertiary/aromatic N) is 1. The number of rotatable bonds is 4. The Bertz CT molecular complexity index is 219. The molecule has 0 bridgehead atoms. The van der Waals surface area contributed by atoms with Crippen molar-refractivity contribution >= 4 is 6.09 Å². The summed E-state index contributed by atoms with van der Waals surface area (Å²) in [5.41, 5.74) is 0. The van der Waals surface area contributed by atoms with Gasteiger partial charge in [0.2, 0.25) is 0 Å². The molecule has 0 radical (unpaired) electrons. The molecule has 0 spiro atoms. The van der Waals surface area contributed by atoms with E-state index in [-0.39, 0.29) is 12.2 Å². The Morgan fingerprint density at radius 1 is 1.50 bits per heavy atom. The second-order valence-electron chi connectivity index (χ2n) is 4.67. The third-order valence-corrected chi connectivity index (χ3v) is 2.93. The van der Waals surface area contributed by atoms with E-state index in [4.69, 9.17) is 4.74 Å². The molecule has 16 heavy (non-hydrogen) atoms. The Morgan fingerprint density at radius 3 is 2.88 bits per heavy atom. The van der Waals surface area contributed by atoms with Crippen LogP contribution in [-0.2, 0) is 4.74 Å². The molecular formula is C12H24N2O2. The van der Waals surface area contributed by atoms with Gasteiger partial charge in [-0.05, 0) is 53.1 Å². The molecule has 1 N–H and O–H groups in total. The second-order valence-corrected chi connectivity index (χ2v) is 4.67. The van der Waals surface area contributed by atoms with Gasteiger partial charge in [-0.25, -0.2) is 4.79 Å². The highest BCUT2D eigenvalue weighted by atomic mass is 16.6. The summed E-state index contributed by atoms with van der Waals surface area (Å²) in [5, 5.41) is 3.14. The van der Waals surface area contributed by atoms with E-state index in [0.717, 1.165) is 32.4 Å². The lowest BCUT2D eigenvalue weighted by Crippen LogP contribution is -2.45. The fourth-order valence-electron chi connectivity index (χ4n) is 2.12. The standard InChI is InChI=1S/C12H24N2O2/c1-10(2)16-12(15)14-9-5-4-6-11(14)7-8-13-3/h10-11,13H,4-9H2,1-3H3. The van der Waals surface area contributed by atoms with Gasteiger partial charge < -0.3 is 15.0 Å². The first-order valence-electron chi connectivity index (χ1n) is 6.27. The lowest BCUT2D eigenvalue weighted by atomic mass is 10.00. The molecule has 4 nitrogen and oxygen atoms in total. The van der Waals surface area contributed by atoms with E-state index in [1.165, 1.54) is 6.42 Å². The van der Waals surface area contributed by atoms with Crippen LogP contribution in [0.5, 0.6) is 0 Å². The number of hydrogen-bond acceptors (Lipinski definition) is 3. The molecular weight excluding hydrogens is 204 g/mol. The normalized spacial score (nSPS) is 21.2. The molecule has 1 aliphatic heterocycles. The summed E-state index contributed by atoms with van der Waals surface area (Å²) in [4.78, 5) is 13.8. The van der Waals surface area contributed by atoms with Crippen LogP contribution in [0.25, 0.3) is 0 Å². The van der Waals surface area contributed by atoms with Crippen LogP contribution in [0.1, 0.15) is 39.5 Å². The summed E-state index contributed by atoms with van der Waals surface area (Å²) in [6.07, 6.45) is 4.27. The average molecular weight is 228 g/mol. The molecule has 1 saturated heterocycles. The quantitative estimate of drug-likeness (QED) is 0.800. The molecule has 1 amide bonds. The van der Waals surface area contributed by atoms with E-state index in [0.29, 0.717) is 6.04 Å². The van der Waals surface area contributed by atoms with Gasteiger partial charge in [-0.1, -0.05) is 0 Å². The Kier molecular flexibility index (Phi) is 5.60. The van der Waals surface area contributed by atoms with E-state index in [1.54, 1.807) is 0 Å². The van der Waals surface area contributed by atoms with Crippen LogP contribution < -0.4 is 5.32 Å². The van der Waals surface area contributed by atoms with Gasteiger partial charge in [-0.3, -0.25) is 0 Å². The lowest BCUT2D eigenvalue weighted by molar-refractivity contribution is 0.0513. The highest BCUT2D eigenvalue weighted by molar-refractivity contribution is 5.68. The fourth-order valence-corrected chi connectivity index (χ4v) is 2.12. The Hall–Kier alpha value is -0.770. The van der Waals surface area contributed by atoms with Crippen molar-refractivity contribution in [2.45, 2.75) is 51.7 Å². The molecule has 0 aliphatic carbocycles. The minimum absolute atomic E-state index is 0.0284. The van der Waals surface area contributed by atoms with Crippen molar-refractivity contribution in [1.82, 2.24) is 10.2 Å². The zero-order valence-corrected chi connectivity index (χ0v) is 10.7. The molecule has 1 aliphatic rings. The van der Waals surface area contributed by atoms with E-state index in [9.17, 15) is 4.79 Å². The molecule has 1 heterocycles. The number of likely N-dealkylation sites (tertiary alicyclic amines) is 1. The van der Waals surface area contributed by atoms with E-state index >= 15 is 0 Å². The molecule has 1 atom stereocenters. The molecule has 1 fully saturated rings. The zero-order valence-electron chi connectivity index (χ0n) is 10.7. The molecule has 1 rings (SSSR count). The van der Waals surface area contributed by atoms with Crippen molar-refractivity contribution in [3.63, 3.8) is 0 Å². The van der Waals surface area contributed by atoms with Crippen molar-refractivity contribution in [1.29, 1.82) is 0 Å². The summed E-state index contributed by atoms with van der Waals surface area (Å²) in [6, 6.07) is 0.354. The lowest BCUT2D eigenvalue weighted by Gasteiger charge is -2.35. The van der Waals surface area contributed by atoms with Crippen LogP contribution in [0.3, 0.4) is 0 Å². The summed E-state index contributed by atoms with van der Waals surface area (Å²) >= 11 is 0.